The molecule has 0 saturated heterocycles. The number of carbonyl (C=O) groups is 2. The highest BCUT2D eigenvalue weighted by Crippen LogP contribution is 2.33. The van der Waals surface area contributed by atoms with Crippen molar-refractivity contribution in [1.82, 2.24) is 0 Å². The summed E-state index contributed by atoms with van der Waals surface area (Å²) in [6.45, 7) is 6.98. The van der Waals surface area contributed by atoms with Gasteiger partial charge in [0.05, 0.1) is 25.3 Å². The minimum atomic E-state index is -0.341. The van der Waals surface area contributed by atoms with Crippen LogP contribution in [-0.4, -0.2) is 44.8 Å². The molecule has 6 nitrogen and oxygen atoms in total. The van der Waals surface area contributed by atoms with Crippen LogP contribution >= 0.6 is 23.2 Å². The van der Waals surface area contributed by atoms with Crippen molar-refractivity contribution in [2.45, 2.75) is 97.1 Å². The van der Waals surface area contributed by atoms with Crippen LogP contribution < -0.4 is 10.2 Å². The summed E-state index contributed by atoms with van der Waals surface area (Å²) in [5.41, 5.74) is 4.97. The molecule has 0 heterocycles. The third kappa shape index (κ3) is 8.29. The van der Waals surface area contributed by atoms with Crippen molar-refractivity contribution < 1.29 is 19.1 Å². The first-order valence-corrected chi connectivity index (χ1v) is 15.3. The zero-order chi connectivity index (χ0) is 29.2. The number of nitrogens with one attached hydrogen (secondary N) is 1. The predicted molar refractivity (Wildman–Crippen MR) is 165 cm³/mol. The molecule has 4 rings (SSSR count). The molecule has 0 bridgehead atoms. The van der Waals surface area contributed by atoms with Crippen LogP contribution in [0.1, 0.15) is 103 Å². The summed E-state index contributed by atoms with van der Waals surface area (Å²) < 4.78 is 9.66. The zero-order valence-electron chi connectivity index (χ0n) is 24.6. The number of ether oxygens (including phenoxy) is 2. The number of esters is 2. The van der Waals surface area contributed by atoms with Gasteiger partial charge >= 0.3 is 11.9 Å². The molecule has 1 N–H and O–H groups in total. The summed E-state index contributed by atoms with van der Waals surface area (Å²) in [5, 5.41) is 4.66. The number of anilines is 2. The third-order valence-corrected chi connectivity index (χ3v) is 8.59. The molecule has 2 aliphatic rings. The summed E-state index contributed by atoms with van der Waals surface area (Å²) in [4.78, 5) is 26.0. The smallest absolute Gasteiger partial charge is 0.338 e. The maximum Gasteiger partial charge on any atom is 0.338 e. The molecule has 0 radical (unpaired) electrons. The molecule has 0 aliphatic heterocycles. The molecule has 8 heteroatoms. The van der Waals surface area contributed by atoms with Crippen LogP contribution in [0.2, 0.25) is 10.0 Å². The van der Waals surface area contributed by atoms with E-state index in [4.69, 9.17) is 32.7 Å². The lowest BCUT2D eigenvalue weighted by atomic mass is 9.93. The van der Waals surface area contributed by atoms with Gasteiger partial charge in [-0.2, -0.15) is 0 Å². The van der Waals surface area contributed by atoms with Crippen LogP contribution in [-0.2, 0) is 9.47 Å². The van der Waals surface area contributed by atoms with Gasteiger partial charge in [-0.25, -0.2) is 9.59 Å². The van der Waals surface area contributed by atoms with Crippen molar-refractivity contribution >= 4 is 46.5 Å². The van der Waals surface area contributed by atoms with Crippen molar-refractivity contribution in [1.29, 1.82) is 0 Å². The fraction of sp³-hybridized carbons (Fsp3) is 0.562. The van der Waals surface area contributed by atoms with Gasteiger partial charge in [0.25, 0.3) is 0 Å². The summed E-state index contributed by atoms with van der Waals surface area (Å²) in [6.07, 6.45) is 12.5. The van der Waals surface area contributed by atoms with Crippen molar-refractivity contribution in [3.8, 4) is 0 Å². The molecule has 220 valence electrons. The number of methoxy groups -OCH3 is 2. The highest BCUT2D eigenvalue weighted by atomic mass is 35.5. The van der Waals surface area contributed by atoms with Crippen molar-refractivity contribution in [3.63, 3.8) is 0 Å². The zero-order valence-corrected chi connectivity index (χ0v) is 26.1. The SMILES string of the molecule is CCN(c1cc(Cl)cc(C(=O)OC)c1C)C1CCCCC1.COC(=O)c1cc(Cl)cc(NC2CCCCC2)c1C. The summed E-state index contributed by atoms with van der Waals surface area (Å²) in [7, 11) is 2.79. The van der Waals surface area contributed by atoms with Crippen molar-refractivity contribution in [2.24, 2.45) is 0 Å². The standard InChI is InChI=1S/C17H24ClNO2.C15H20ClNO2/c1-4-19(14-8-6-5-7-9-14)16-11-13(18)10-15(12(16)2)17(20)21-3;1-10-13(15(18)19-2)8-11(16)9-14(10)17-12-6-4-3-5-7-12/h10-11,14H,4-9H2,1-3H3;8-9,12,17H,3-7H2,1-2H3. The van der Waals surface area contributed by atoms with Crippen LogP contribution in [0.5, 0.6) is 0 Å². The minimum absolute atomic E-state index is 0.323. The molecular weight excluding hydrogens is 547 g/mol. The lowest BCUT2D eigenvalue weighted by Crippen LogP contribution is -2.37. The second kappa shape index (κ2) is 15.5. The second-order valence-corrected chi connectivity index (χ2v) is 11.6. The number of benzene rings is 2. The highest BCUT2D eigenvalue weighted by molar-refractivity contribution is 6.31. The van der Waals surface area contributed by atoms with E-state index in [1.165, 1.54) is 78.4 Å². The first-order chi connectivity index (χ1) is 19.2. The molecule has 2 aliphatic carbocycles. The maximum absolute atomic E-state index is 11.9. The second-order valence-electron chi connectivity index (χ2n) is 10.8. The Morgan fingerprint density at radius 2 is 1.30 bits per heavy atom. The van der Waals surface area contributed by atoms with E-state index in [0.717, 1.165) is 29.0 Å². The highest BCUT2D eigenvalue weighted by Gasteiger charge is 2.24. The minimum Gasteiger partial charge on any atom is -0.465 e. The van der Waals surface area contributed by atoms with Crippen molar-refractivity contribution in [3.05, 3.63) is 56.6 Å². The summed E-state index contributed by atoms with van der Waals surface area (Å²) in [6, 6.07) is 8.25. The Morgan fingerprint density at radius 3 is 1.82 bits per heavy atom. The third-order valence-electron chi connectivity index (χ3n) is 8.16. The van der Waals surface area contributed by atoms with Gasteiger partial charge in [-0.1, -0.05) is 61.7 Å². The van der Waals surface area contributed by atoms with Crippen LogP contribution in [0.3, 0.4) is 0 Å². The number of hydrogen-bond donors (Lipinski definition) is 1. The van der Waals surface area contributed by atoms with Gasteiger partial charge in [0.15, 0.2) is 0 Å². The Labute approximate surface area is 249 Å². The van der Waals surface area contributed by atoms with Gasteiger partial charge in [-0.05, 0) is 81.8 Å². The molecule has 0 unspecified atom stereocenters. The Kier molecular flexibility index (Phi) is 12.5. The van der Waals surface area contributed by atoms with E-state index in [0.29, 0.717) is 33.3 Å². The first kappa shape index (κ1) is 32.1. The molecule has 0 aromatic heterocycles. The number of halogens is 2. The van der Waals surface area contributed by atoms with Crippen LogP contribution in [0.25, 0.3) is 0 Å². The number of hydrogen-bond acceptors (Lipinski definition) is 6. The van der Waals surface area contributed by atoms with E-state index in [9.17, 15) is 9.59 Å². The molecule has 2 aromatic carbocycles. The largest absolute Gasteiger partial charge is 0.465 e. The topological polar surface area (TPSA) is 67.9 Å². The molecule has 0 amide bonds. The van der Waals surface area contributed by atoms with E-state index in [1.807, 2.05) is 26.0 Å². The molecule has 0 atom stereocenters. The summed E-state index contributed by atoms with van der Waals surface area (Å²) >= 11 is 12.3. The molecule has 40 heavy (non-hydrogen) atoms. The Morgan fingerprint density at radius 1 is 0.800 bits per heavy atom. The van der Waals surface area contributed by atoms with Crippen LogP contribution in [0.4, 0.5) is 11.4 Å². The molecule has 2 fully saturated rings. The van der Waals surface area contributed by atoms with Gasteiger partial charge in [0.2, 0.25) is 0 Å². The molecule has 2 aromatic rings. The number of carbonyl (C=O) groups excluding carboxylic acids is 2. The van der Waals surface area contributed by atoms with Gasteiger partial charge < -0.3 is 19.7 Å². The van der Waals surface area contributed by atoms with E-state index in [-0.39, 0.29) is 11.9 Å². The first-order valence-electron chi connectivity index (χ1n) is 14.5. The Balaban J connectivity index is 0.000000222. The Hall–Kier alpha value is -2.44. The van der Waals surface area contributed by atoms with E-state index < -0.39 is 0 Å². The van der Waals surface area contributed by atoms with E-state index in [2.05, 4.69) is 17.1 Å². The van der Waals surface area contributed by atoms with Crippen LogP contribution in [0, 0.1) is 13.8 Å². The van der Waals surface area contributed by atoms with E-state index in [1.54, 1.807) is 12.1 Å². The predicted octanol–water partition coefficient (Wildman–Crippen LogP) is 8.77. The Bertz CT molecular complexity index is 1160. The number of nitrogens with zero attached hydrogens (tertiary/aromatic N) is 1. The van der Waals surface area contributed by atoms with Gasteiger partial charge in [0, 0.05) is 40.0 Å². The monoisotopic (exact) mass is 590 g/mol. The van der Waals surface area contributed by atoms with Crippen LogP contribution in [0.15, 0.2) is 24.3 Å². The average Bonchev–Trinajstić information content (AvgIpc) is 2.97. The lowest BCUT2D eigenvalue weighted by molar-refractivity contribution is 0.0591. The van der Waals surface area contributed by atoms with E-state index >= 15 is 0 Å². The normalized spacial score (nSPS) is 16.0. The van der Waals surface area contributed by atoms with Gasteiger partial charge in [-0.3, -0.25) is 0 Å². The van der Waals surface area contributed by atoms with Gasteiger partial charge in [0.1, 0.15) is 0 Å². The van der Waals surface area contributed by atoms with Gasteiger partial charge in [-0.15, -0.1) is 0 Å². The fourth-order valence-electron chi connectivity index (χ4n) is 5.92. The molecule has 2 saturated carbocycles. The lowest BCUT2D eigenvalue weighted by Gasteiger charge is -2.36. The fourth-order valence-corrected chi connectivity index (χ4v) is 6.35. The maximum atomic E-state index is 11.9. The van der Waals surface area contributed by atoms with Crippen molar-refractivity contribution in [2.75, 3.05) is 31.0 Å². The molecular formula is C32H44Cl2N2O4. The molecule has 0 spiro atoms. The average molecular weight is 592 g/mol. The number of rotatable bonds is 7. The quantitative estimate of drug-likeness (QED) is 0.325. The summed E-state index contributed by atoms with van der Waals surface area (Å²) in [5.74, 6) is -0.664.